The molecule has 7 heteroatoms. The number of halogens is 3. The standard InChI is InChI=1S/C2H4O2.2Al.3ClH.3H/c1-2(3)4;;;;;;;;/h1H3,(H,3,4);;;3*1H;;;/q;;+3;;;;;;/p-3. The molecule has 0 aromatic heterocycles. The quantitative estimate of drug-likeness (QED) is 0.611. The second-order valence-electron chi connectivity index (χ2n) is 0.766. The summed E-state index contributed by atoms with van der Waals surface area (Å²) < 4.78 is 0. The van der Waals surface area contributed by atoms with Crippen molar-refractivity contribution in [2.45, 2.75) is 6.92 Å². The van der Waals surface area contributed by atoms with E-state index in [1.165, 1.54) is 0 Å². The summed E-state index contributed by atoms with van der Waals surface area (Å²) in [4.78, 5) is 9.00. The zero-order chi connectivity index (χ0) is 7.15. The molecule has 1 N–H and O–H groups in total. The highest BCUT2D eigenvalue weighted by Crippen LogP contribution is 1.97. The maximum Gasteiger partial charge on any atom is 0.643 e. The van der Waals surface area contributed by atoms with Crippen molar-refractivity contribution in [1.29, 1.82) is 0 Å². The zero-order valence-corrected chi connectivity index (χ0v) is 7.49. The highest BCUT2D eigenvalue weighted by molar-refractivity contribution is 7.54. The van der Waals surface area contributed by atoms with Crippen molar-refractivity contribution >= 4 is 64.9 Å². The molecule has 0 atom stereocenters. The third kappa shape index (κ3) is 261. The third-order valence-electron chi connectivity index (χ3n) is 0. The minimum absolute atomic E-state index is 0. The predicted octanol–water partition coefficient (Wildman–Crippen LogP) is 0.595. The van der Waals surface area contributed by atoms with Crippen molar-refractivity contribution in [2.24, 2.45) is 0 Å². The fraction of sp³-hybridized carbons (Fsp3) is 0.500. The minimum atomic E-state index is -1.72. The molecule has 0 saturated heterocycles. The average Bonchev–Trinajstić information content (AvgIpc) is 1.25. The lowest BCUT2D eigenvalue weighted by Crippen LogP contribution is -1.78. The van der Waals surface area contributed by atoms with Crippen LogP contribution < -0.4 is 0 Å². The summed E-state index contributed by atoms with van der Waals surface area (Å²) in [6.45, 7) is 1.08. The average molecular weight is 223 g/mol. The van der Waals surface area contributed by atoms with Gasteiger partial charge in [0.25, 0.3) is 5.97 Å². The van der Waals surface area contributed by atoms with E-state index < -0.39 is 17.4 Å². The molecule has 9 heavy (non-hydrogen) atoms. The molecular formula is C2H7Al2Cl3O2. The van der Waals surface area contributed by atoms with E-state index in [2.05, 4.69) is 0 Å². The van der Waals surface area contributed by atoms with Gasteiger partial charge in [0.15, 0.2) is 17.4 Å². The predicted molar refractivity (Wildman–Crippen MR) is 46.6 cm³/mol. The lowest BCUT2D eigenvalue weighted by molar-refractivity contribution is -0.134. The maximum absolute atomic E-state index is 9.00. The number of aliphatic carboxylic acids is 1. The van der Waals surface area contributed by atoms with Gasteiger partial charge in [-0.05, 0) is 0 Å². The van der Waals surface area contributed by atoms with E-state index in [9.17, 15) is 0 Å². The Labute approximate surface area is 81.2 Å². The van der Waals surface area contributed by atoms with Crippen LogP contribution in [0.2, 0.25) is 0 Å². The molecule has 0 unspecified atom stereocenters. The van der Waals surface area contributed by atoms with Crippen LogP contribution in [0.4, 0.5) is 0 Å². The highest BCUT2D eigenvalue weighted by atomic mass is 35.8. The lowest BCUT2D eigenvalue weighted by Gasteiger charge is -1.59. The van der Waals surface area contributed by atoms with Gasteiger partial charge in [0.05, 0.1) is 0 Å². The van der Waals surface area contributed by atoms with Crippen molar-refractivity contribution in [1.82, 2.24) is 0 Å². The zero-order valence-electron chi connectivity index (χ0n) is 4.07. The van der Waals surface area contributed by atoms with Crippen LogP contribution in [0, 0.1) is 0 Å². The van der Waals surface area contributed by atoms with Crippen molar-refractivity contribution in [3.63, 3.8) is 0 Å². The fourth-order valence-corrected chi connectivity index (χ4v) is 0. The fourth-order valence-electron chi connectivity index (χ4n) is 0. The second kappa shape index (κ2) is 12.1. The minimum Gasteiger partial charge on any atom is -0.481 e. The van der Waals surface area contributed by atoms with Crippen LogP contribution in [-0.2, 0) is 4.79 Å². The van der Waals surface area contributed by atoms with Gasteiger partial charge in [0.2, 0.25) is 0 Å². The molecule has 0 heterocycles. The molecule has 0 fully saturated rings. The van der Waals surface area contributed by atoms with Crippen molar-refractivity contribution in [2.75, 3.05) is 0 Å². The number of carboxylic acid groups (broad SMARTS) is 1. The van der Waals surface area contributed by atoms with Crippen molar-refractivity contribution in [3.05, 3.63) is 0 Å². The van der Waals surface area contributed by atoms with Gasteiger partial charge in [-0.25, -0.2) is 30.1 Å². The molecule has 0 radical (unpaired) electrons. The number of carbonyl (C=O) groups is 1. The summed E-state index contributed by atoms with van der Waals surface area (Å²) in [5, 5.41) is 7.42. The van der Waals surface area contributed by atoms with Gasteiger partial charge in [-0.15, -0.1) is 0 Å². The third-order valence-corrected chi connectivity index (χ3v) is 0. The van der Waals surface area contributed by atoms with Crippen LogP contribution >= 0.6 is 30.1 Å². The highest BCUT2D eigenvalue weighted by Gasteiger charge is 2.00. The Morgan fingerprint density at radius 1 is 1.44 bits per heavy atom. The second-order valence-corrected chi connectivity index (χ2v) is 7.20. The molecule has 0 rings (SSSR count). The Morgan fingerprint density at radius 2 is 1.44 bits per heavy atom. The normalized spacial score (nSPS) is 5.78. The van der Waals surface area contributed by atoms with Crippen LogP contribution in [-0.4, -0.2) is 39.8 Å². The Morgan fingerprint density at radius 3 is 1.44 bits per heavy atom. The first kappa shape index (κ1) is 16.8. The smallest absolute Gasteiger partial charge is 0.481 e. The van der Waals surface area contributed by atoms with Gasteiger partial charge in [0.1, 0.15) is 0 Å². The summed E-state index contributed by atoms with van der Waals surface area (Å²) in [6.07, 6.45) is 0. The molecule has 0 amide bonds. The number of hydrogen-bond acceptors (Lipinski definition) is 1. The number of hydrogen-bond donors (Lipinski definition) is 1. The van der Waals surface area contributed by atoms with Crippen LogP contribution in [0.1, 0.15) is 6.92 Å². The van der Waals surface area contributed by atoms with Gasteiger partial charge in [-0.3, -0.25) is 4.79 Å². The summed E-state index contributed by atoms with van der Waals surface area (Å²) in [5.41, 5.74) is 0. The monoisotopic (exact) mass is 222 g/mol. The molecule has 0 bridgehead atoms. The van der Waals surface area contributed by atoms with Gasteiger partial charge in [-0.1, -0.05) is 0 Å². The van der Waals surface area contributed by atoms with Gasteiger partial charge < -0.3 is 5.11 Å². The molecule has 0 aliphatic carbocycles. The SMILES string of the molecule is CC(=O)O.[AlH3].[Cl][Al]([Cl])[Cl]. The Kier molecular flexibility index (Phi) is 22.6. The van der Waals surface area contributed by atoms with Crippen molar-refractivity contribution in [3.8, 4) is 0 Å². The first-order valence-electron chi connectivity index (χ1n) is 1.58. The molecule has 54 valence electrons. The summed E-state index contributed by atoms with van der Waals surface area (Å²) in [5.74, 6) is -0.833. The van der Waals surface area contributed by atoms with Crippen LogP contribution in [0.25, 0.3) is 0 Å². The molecule has 0 spiro atoms. The van der Waals surface area contributed by atoms with E-state index in [0.29, 0.717) is 0 Å². The van der Waals surface area contributed by atoms with E-state index in [-0.39, 0.29) is 17.4 Å². The van der Waals surface area contributed by atoms with E-state index in [1.807, 2.05) is 0 Å². The first-order chi connectivity index (χ1) is 3.46. The number of rotatable bonds is 0. The lowest BCUT2D eigenvalue weighted by atomic mass is 10.9. The van der Waals surface area contributed by atoms with E-state index >= 15 is 0 Å². The molecule has 0 aromatic carbocycles. The van der Waals surface area contributed by atoms with Gasteiger partial charge >= 0.3 is 11.4 Å². The van der Waals surface area contributed by atoms with Crippen LogP contribution in [0.15, 0.2) is 0 Å². The molecule has 2 nitrogen and oxygen atoms in total. The summed E-state index contributed by atoms with van der Waals surface area (Å²) >= 11 is -1.72. The Bertz CT molecular complexity index is 62.1. The van der Waals surface area contributed by atoms with E-state index in [4.69, 9.17) is 40.0 Å². The molecule has 0 aromatic rings. The summed E-state index contributed by atoms with van der Waals surface area (Å²) in [7, 11) is 14.8. The van der Waals surface area contributed by atoms with Gasteiger partial charge in [-0.2, -0.15) is 0 Å². The van der Waals surface area contributed by atoms with Gasteiger partial charge in [0, 0.05) is 6.92 Å². The maximum atomic E-state index is 9.00. The van der Waals surface area contributed by atoms with E-state index in [0.717, 1.165) is 6.92 Å². The van der Waals surface area contributed by atoms with Crippen LogP contribution in [0.5, 0.6) is 0 Å². The molecular weight excluding hydrogens is 216 g/mol. The topological polar surface area (TPSA) is 37.3 Å². The Balaban J connectivity index is -0.0000000720. The molecule has 0 aliphatic rings. The van der Waals surface area contributed by atoms with Crippen molar-refractivity contribution < 1.29 is 9.90 Å². The summed E-state index contributed by atoms with van der Waals surface area (Å²) in [6, 6.07) is 0. The largest absolute Gasteiger partial charge is 0.643 e. The molecule has 0 saturated carbocycles. The number of carboxylic acids is 1. The molecule has 0 aliphatic heterocycles. The first-order valence-corrected chi connectivity index (χ1v) is 6.82. The Hall–Kier alpha value is 1.40. The van der Waals surface area contributed by atoms with Crippen LogP contribution in [0.3, 0.4) is 0 Å². The van der Waals surface area contributed by atoms with E-state index in [1.54, 1.807) is 0 Å².